The minimum atomic E-state index is -3.97. The van der Waals surface area contributed by atoms with Gasteiger partial charge in [0.1, 0.15) is 24.1 Å². The quantitative estimate of drug-likeness (QED) is 0.267. The van der Waals surface area contributed by atoms with Crippen molar-refractivity contribution in [2.24, 2.45) is 0 Å². The van der Waals surface area contributed by atoms with Gasteiger partial charge < -0.3 is 19.7 Å². The van der Waals surface area contributed by atoms with E-state index in [1.54, 1.807) is 12.1 Å². The van der Waals surface area contributed by atoms with Crippen LogP contribution >= 0.6 is 15.9 Å². The number of hydrogen-bond acceptors (Lipinski definition) is 6. The van der Waals surface area contributed by atoms with Gasteiger partial charge in [0.15, 0.2) is 0 Å². The van der Waals surface area contributed by atoms with E-state index in [0.29, 0.717) is 12.2 Å². The number of nitrogens with one attached hydrogen (secondary N) is 1. The zero-order valence-electron chi connectivity index (χ0n) is 24.5. The number of nitrogens with zero attached hydrogens (tertiary/aromatic N) is 2. The van der Waals surface area contributed by atoms with Crippen molar-refractivity contribution < 1.29 is 27.5 Å². The third-order valence-corrected chi connectivity index (χ3v) is 8.53. The molecule has 2 atom stereocenters. The summed E-state index contributed by atoms with van der Waals surface area (Å²) in [5.74, 6) is -0.214. The maximum Gasteiger partial charge on any atom is 0.244 e. The Morgan fingerprint density at radius 2 is 1.62 bits per heavy atom. The number of hydrogen-bond donors (Lipinski definition) is 1. The van der Waals surface area contributed by atoms with Gasteiger partial charge in [0.05, 0.1) is 26.2 Å². The predicted octanol–water partition coefficient (Wildman–Crippen LogP) is 4.79. The average Bonchev–Trinajstić information content (AvgIpc) is 2.97. The molecule has 0 aliphatic carbocycles. The molecule has 0 heterocycles. The van der Waals surface area contributed by atoms with Gasteiger partial charge in [0.2, 0.25) is 21.8 Å². The Hall–Kier alpha value is -3.57. The zero-order valence-corrected chi connectivity index (χ0v) is 26.9. The molecule has 0 fully saturated rings. The van der Waals surface area contributed by atoms with Crippen LogP contribution in [-0.2, 0) is 32.6 Å². The Morgan fingerprint density at radius 1 is 0.952 bits per heavy atom. The van der Waals surface area contributed by atoms with E-state index in [9.17, 15) is 18.0 Å². The van der Waals surface area contributed by atoms with Crippen LogP contribution in [-0.4, -0.2) is 64.2 Å². The maximum atomic E-state index is 14.2. The fraction of sp³-hybridized carbons (Fsp3) is 0.355. The summed E-state index contributed by atoms with van der Waals surface area (Å²) in [5, 5.41) is 3.02. The van der Waals surface area contributed by atoms with Crippen molar-refractivity contribution in [2.45, 2.75) is 45.3 Å². The zero-order chi connectivity index (χ0) is 30.9. The number of benzene rings is 3. The normalized spacial score (nSPS) is 12.6. The highest BCUT2D eigenvalue weighted by Gasteiger charge is 2.34. The summed E-state index contributed by atoms with van der Waals surface area (Å²) in [5.41, 5.74) is 1.80. The van der Waals surface area contributed by atoms with Gasteiger partial charge in [-0.25, -0.2) is 8.42 Å². The van der Waals surface area contributed by atoms with Crippen LogP contribution in [0.25, 0.3) is 0 Å². The number of carbonyl (C=O) groups is 2. The molecule has 2 amide bonds. The number of halogens is 1. The van der Waals surface area contributed by atoms with Crippen molar-refractivity contribution in [1.29, 1.82) is 0 Å². The van der Waals surface area contributed by atoms with Crippen LogP contribution in [0.3, 0.4) is 0 Å². The lowest BCUT2D eigenvalue weighted by atomic mass is 10.0. The highest BCUT2D eigenvalue weighted by molar-refractivity contribution is 9.10. The van der Waals surface area contributed by atoms with E-state index < -0.39 is 28.5 Å². The first-order chi connectivity index (χ1) is 20.0. The molecule has 42 heavy (non-hydrogen) atoms. The molecule has 0 saturated carbocycles. The smallest absolute Gasteiger partial charge is 0.244 e. The molecule has 0 spiro atoms. The molecule has 1 N–H and O–H groups in total. The van der Waals surface area contributed by atoms with Gasteiger partial charge in [-0.05, 0) is 48.7 Å². The number of ether oxygens (including phenoxy) is 2. The van der Waals surface area contributed by atoms with Crippen LogP contribution in [0.4, 0.5) is 5.69 Å². The molecule has 11 heteroatoms. The number of carbonyl (C=O) groups excluding carboxylic acids is 2. The Morgan fingerprint density at radius 3 is 2.19 bits per heavy atom. The summed E-state index contributed by atoms with van der Waals surface area (Å²) in [6.45, 7) is 3.40. The minimum absolute atomic E-state index is 0.0877. The van der Waals surface area contributed by atoms with E-state index in [4.69, 9.17) is 9.47 Å². The number of sulfonamides is 1. The first kappa shape index (κ1) is 32.9. The number of amides is 2. The van der Waals surface area contributed by atoms with Crippen LogP contribution in [0.1, 0.15) is 31.4 Å². The highest BCUT2D eigenvalue weighted by Crippen LogP contribution is 2.34. The second-order valence-electron chi connectivity index (χ2n) is 9.98. The fourth-order valence-electron chi connectivity index (χ4n) is 4.37. The van der Waals surface area contributed by atoms with Crippen LogP contribution in [0.5, 0.6) is 11.5 Å². The largest absolute Gasteiger partial charge is 0.497 e. The number of rotatable bonds is 14. The lowest BCUT2D eigenvalue weighted by Crippen LogP contribution is -2.54. The van der Waals surface area contributed by atoms with Crippen molar-refractivity contribution in [3.63, 3.8) is 0 Å². The van der Waals surface area contributed by atoms with E-state index >= 15 is 0 Å². The highest BCUT2D eigenvalue weighted by atomic mass is 79.9. The van der Waals surface area contributed by atoms with Crippen molar-refractivity contribution in [2.75, 3.05) is 31.3 Å². The Kier molecular flexibility index (Phi) is 11.8. The van der Waals surface area contributed by atoms with Crippen molar-refractivity contribution >= 4 is 43.5 Å². The molecule has 3 aromatic rings. The average molecular weight is 661 g/mol. The second kappa shape index (κ2) is 15.1. The molecule has 0 bridgehead atoms. The summed E-state index contributed by atoms with van der Waals surface area (Å²) >= 11 is 3.44. The van der Waals surface area contributed by atoms with E-state index in [0.717, 1.165) is 26.2 Å². The topological polar surface area (TPSA) is 105 Å². The third-order valence-electron chi connectivity index (χ3n) is 6.87. The standard InChI is InChI=1S/C31H38BrN3O6S/c1-6-22(2)33-31(37)28(18-23-10-8-7-9-11-23)34(20-24-12-14-25(32)15-13-24)30(36)21-35(42(5,38)39)27-19-26(40-3)16-17-29(27)41-4/h7-17,19,22,28H,6,18,20-21H2,1-5H3,(H,33,37)/t22-,28+/m1/s1. The molecular weight excluding hydrogens is 622 g/mol. The molecule has 0 aromatic heterocycles. The number of methoxy groups -OCH3 is 2. The van der Waals surface area contributed by atoms with E-state index in [2.05, 4.69) is 21.2 Å². The fourth-order valence-corrected chi connectivity index (χ4v) is 5.48. The van der Waals surface area contributed by atoms with Crippen LogP contribution in [0.15, 0.2) is 77.3 Å². The molecule has 3 aromatic carbocycles. The Bertz CT molecular complexity index is 1450. The van der Waals surface area contributed by atoms with Gasteiger partial charge in [-0.2, -0.15) is 0 Å². The Labute approximate surface area is 257 Å². The predicted molar refractivity (Wildman–Crippen MR) is 168 cm³/mol. The van der Waals surface area contributed by atoms with Crippen molar-refractivity contribution in [1.82, 2.24) is 10.2 Å². The van der Waals surface area contributed by atoms with Crippen LogP contribution in [0, 0.1) is 0 Å². The van der Waals surface area contributed by atoms with Gasteiger partial charge >= 0.3 is 0 Å². The van der Waals surface area contributed by atoms with Gasteiger partial charge in [0, 0.05) is 29.5 Å². The van der Waals surface area contributed by atoms with Crippen molar-refractivity contribution in [3.05, 3.63) is 88.4 Å². The third kappa shape index (κ3) is 8.96. The van der Waals surface area contributed by atoms with Gasteiger partial charge in [-0.1, -0.05) is 65.3 Å². The Balaban J connectivity index is 2.11. The van der Waals surface area contributed by atoms with Gasteiger partial charge in [-0.15, -0.1) is 0 Å². The molecule has 3 rings (SSSR count). The van der Waals surface area contributed by atoms with Crippen molar-refractivity contribution in [3.8, 4) is 11.5 Å². The van der Waals surface area contributed by atoms with Gasteiger partial charge in [-0.3, -0.25) is 13.9 Å². The first-order valence-electron chi connectivity index (χ1n) is 13.5. The molecule has 9 nitrogen and oxygen atoms in total. The summed E-state index contributed by atoms with van der Waals surface area (Å²) in [7, 11) is -1.08. The van der Waals surface area contributed by atoms with Gasteiger partial charge in [0.25, 0.3) is 0 Å². The molecule has 0 aliphatic rings. The molecule has 0 aliphatic heterocycles. The summed E-state index contributed by atoms with van der Waals surface area (Å²) in [4.78, 5) is 29.5. The molecule has 0 radical (unpaired) electrons. The van der Waals surface area contributed by atoms with Crippen LogP contribution in [0.2, 0.25) is 0 Å². The van der Waals surface area contributed by atoms with E-state index in [-0.39, 0.29) is 36.4 Å². The maximum absolute atomic E-state index is 14.2. The van der Waals surface area contributed by atoms with E-state index in [1.807, 2.05) is 68.4 Å². The molecular formula is C31H38BrN3O6S. The first-order valence-corrected chi connectivity index (χ1v) is 16.2. The molecule has 0 unspecified atom stereocenters. The second-order valence-corrected chi connectivity index (χ2v) is 12.8. The minimum Gasteiger partial charge on any atom is -0.497 e. The SMILES string of the molecule is CC[C@@H](C)NC(=O)[C@H](Cc1ccccc1)N(Cc1ccc(Br)cc1)C(=O)CN(c1cc(OC)ccc1OC)S(C)(=O)=O. The summed E-state index contributed by atoms with van der Waals surface area (Å²) < 4.78 is 38.8. The van der Waals surface area contributed by atoms with E-state index in [1.165, 1.54) is 25.2 Å². The number of anilines is 1. The summed E-state index contributed by atoms with van der Waals surface area (Å²) in [6, 6.07) is 20.5. The lowest BCUT2D eigenvalue weighted by Gasteiger charge is -2.34. The summed E-state index contributed by atoms with van der Waals surface area (Å²) in [6.07, 6.45) is 1.98. The van der Waals surface area contributed by atoms with Crippen LogP contribution < -0.4 is 19.1 Å². The molecule has 0 saturated heterocycles. The lowest BCUT2D eigenvalue weighted by molar-refractivity contribution is -0.140. The molecule has 226 valence electrons. The monoisotopic (exact) mass is 659 g/mol.